The molecule has 0 bridgehead atoms. The molecule has 3 rings (SSSR count). The fourth-order valence-electron chi connectivity index (χ4n) is 3.49. The van der Waals surface area contributed by atoms with E-state index in [1.54, 1.807) is 43.3 Å². The van der Waals surface area contributed by atoms with Crippen molar-refractivity contribution in [3.8, 4) is 5.75 Å². The molecule has 9 heteroatoms. The van der Waals surface area contributed by atoms with E-state index in [1.165, 1.54) is 4.90 Å². The zero-order valence-electron chi connectivity index (χ0n) is 17.7. The van der Waals surface area contributed by atoms with Gasteiger partial charge in [0, 0.05) is 31.7 Å². The van der Waals surface area contributed by atoms with E-state index in [-0.39, 0.29) is 36.9 Å². The summed E-state index contributed by atoms with van der Waals surface area (Å²) in [7, 11) is 1.56. The Labute approximate surface area is 186 Å². The summed E-state index contributed by atoms with van der Waals surface area (Å²) >= 11 is 6.18. The lowest BCUT2D eigenvalue weighted by molar-refractivity contribution is -0.151. The van der Waals surface area contributed by atoms with Crippen molar-refractivity contribution in [1.29, 1.82) is 0 Å². The molecule has 1 fully saturated rings. The average Bonchev–Trinajstić information content (AvgIpc) is 2.78. The number of fused-ring (bicyclic) bond motifs is 1. The Hall–Kier alpha value is -2.87. The van der Waals surface area contributed by atoms with Crippen molar-refractivity contribution in [3.05, 3.63) is 35.5 Å². The Bertz CT molecular complexity index is 959. The summed E-state index contributed by atoms with van der Waals surface area (Å²) in [5.74, 6) is -0.400. The molecule has 1 saturated heterocycles. The molecule has 1 aliphatic rings. The molecule has 8 nitrogen and oxygen atoms in total. The van der Waals surface area contributed by atoms with Crippen LogP contribution in [0, 0.1) is 5.92 Å². The van der Waals surface area contributed by atoms with Gasteiger partial charge in [0.15, 0.2) is 6.61 Å². The Kier molecular flexibility index (Phi) is 7.68. The van der Waals surface area contributed by atoms with Gasteiger partial charge in [-0.25, -0.2) is 0 Å². The first kappa shape index (κ1) is 22.8. The summed E-state index contributed by atoms with van der Waals surface area (Å²) in [6.07, 6.45) is 2.77. The molecule has 2 heterocycles. The number of likely N-dealkylation sites (N-methyl/N-ethyl adjacent to an activating group) is 1. The van der Waals surface area contributed by atoms with Crippen LogP contribution < -0.4 is 4.74 Å². The van der Waals surface area contributed by atoms with Crippen molar-refractivity contribution in [2.75, 3.05) is 39.9 Å². The van der Waals surface area contributed by atoms with Gasteiger partial charge in [-0.2, -0.15) is 0 Å². The van der Waals surface area contributed by atoms with Crippen molar-refractivity contribution in [2.24, 2.45) is 5.92 Å². The zero-order valence-corrected chi connectivity index (χ0v) is 18.4. The first-order valence-corrected chi connectivity index (χ1v) is 10.6. The van der Waals surface area contributed by atoms with Crippen LogP contribution >= 0.6 is 11.6 Å². The van der Waals surface area contributed by atoms with Crippen molar-refractivity contribution >= 4 is 40.3 Å². The maximum Gasteiger partial charge on any atom is 0.309 e. The monoisotopic (exact) mass is 447 g/mol. The highest BCUT2D eigenvalue weighted by atomic mass is 35.5. The molecule has 31 heavy (non-hydrogen) atoms. The minimum absolute atomic E-state index is 0.0497. The number of hydrogen-bond acceptors (Lipinski definition) is 6. The number of carbonyl (C=O) groups is 3. The lowest BCUT2D eigenvalue weighted by atomic mass is 9.97. The van der Waals surface area contributed by atoms with Gasteiger partial charge in [0.05, 0.1) is 24.1 Å². The number of hydrogen-bond donors (Lipinski definition) is 0. The molecule has 0 atom stereocenters. The zero-order chi connectivity index (χ0) is 22.4. The highest BCUT2D eigenvalue weighted by Crippen LogP contribution is 2.29. The fourth-order valence-corrected chi connectivity index (χ4v) is 3.71. The molecule has 0 aliphatic carbocycles. The third-order valence-electron chi connectivity index (χ3n) is 5.30. The molecule has 166 valence electrons. The van der Waals surface area contributed by atoms with Gasteiger partial charge in [-0.05, 0) is 44.0 Å². The Balaban J connectivity index is 1.49. The second kappa shape index (κ2) is 10.4. The minimum Gasteiger partial charge on any atom is -0.481 e. The van der Waals surface area contributed by atoms with Crippen molar-refractivity contribution in [1.82, 2.24) is 14.8 Å². The largest absolute Gasteiger partial charge is 0.481 e. The quantitative estimate of drug-likeness (QED) is 0.606. The van der Waals surface area contributed by atoms with E-state index in [1.807, 2.05) is 6.07 Å². The number of nitrogens with zero attached hydrogens (tertiary/aromatic N) is 3. The van der Waals surface area contributed by atoms with E-state index in [0.717, 1.165) is 5.39 Å². The molecule has 0 unspecified atom stereocenters. The summed E-state index contributed by atoms with van der Waals surface area (Å²) in [5.41, 5.74) is 0.575. The SMILES string of the molecule is CCOC(=O)C1CCN(C(=O)CN(C)C(=O)COc2ccc(Cl)c3cccnc23)CC1. The number of carbonyl (C=O) groups excluding carboxylic acids is 3. The Morgan fingerprint density at radius 1 is 1.23 bits per heavy atom. The van der Waals surface area contributed by atoms with Crippen LogP contribution in [-0.4, -0.2) is 72.5 Å². The summed E-state index contributed by atoms with van der Waals surface area (Å²) < 4.78 is 10.7. The number of aromatic nitrogens is 1. The highest BCUT2D eigenvalue weighted by molar-refractivity contribution is 6.35. The van der Waals surface area contributed by atoms with Crippen molar-refractivity contribution in [3.63, 3.8) is 0 Å². The van der Waals surface area contributed by atoms with Crippen LogP contribution in [0.5, 0.6) is 5.75 Å². The van der Waals surface area contributed by atoms with Gasteiger partial charge < -0.3 is 19.3 Å². The third kappa shape index (κ3) is 5.64. The second-order valence-corrected chi connectivity index (χ2v) is 7.80. The van der Waals surface area contributed by atoms with Crippen LogP contribution in [-0.2, 0) is 19.1 Å². The van der Waals surface area contributed by atoms with Crippen molar-refractivity contribution < 1.29 is 23.9 Å². The maximum absolute atomic E-state index is 12.6. The van der Waals surface area contributed by atoms with Crippen LogP contribution in [0.2, 0.25) is 5.02 Å². The van der Waals surface area contributed by atoms with E-state index in [4.69, 9.17) is 21.1 Å². The van der Waals surface area contributed by atoms with Gasteiger partial charge in [-0.1, -0.05) is 11.6 Å². The fraction of sp³-hybridized carbons (Fsp3) is 0.455. The number of amides is 2. The maximum atomic E-state index is 12.6. The highest BCUT2D eigenvalue weighted by Gasteiger charge is 2.29. The van der Waals surface area contributed by atoms with Gasteiger partial charge in [0.2, 0.25) is 5.91 Å². The molecule has 1 aromatic heterocycles. The molecule has 1 aliphatic heterocycles. The number of rotatable bonds is 7. The molecule has 1 aromatic carbocycles. The van der Waals surface area contributed by atoms with Gasteiger partial charge in [-0.3, -0.25) is 19.4 Å². The van der Waals surface area contributed by atoms with Gasteiger partial charge in [-0.15, -0.1) is 0 Å². The molecular weight excluding hydrogens is 422 g/mol. The van der Waals surface area contributed by atoms with Gasteiger partial charge >= 0.3 is 5.97 Å². The van der Waals surface area contributed by atoms with Crippen LogP contribution in [0.3, 0.4) is 0 Å². The number of pyridine rings is 1. The predicted octanol–water partition coefficient (Wildman–Crippen LogP) is 2.53. The molecular formula is C22H26ClN3O5. The molecule has 0 N–H and O–H groups in total. The minimum atomic E-state index is -0.325. The number of piperidine rings is 1. The molecule has 0 spiro atoms. The summed E-state index contributed by atoms with van der Waals surface area (Å²) in [6, 6.07) is 6.97. The van der Waals surface area contributed by atoms with E-state index < -0.39 is 0 Å². The molecule has 2 aromatic rings. The summed E-state index contributed by atoms with van der Waals surface area (Å²) in [5, 5.41) is 1.29. The van der Waals surface area contributed by atoms with Crippen LogP contribution in [0.1, 0.15) is 19.8 Å². The number of ether oxygens (including phenoxy) is 2. The third-order valence-corrected chi connectivity index (χ3v) is 5.63. The van der Waals surface area contributed by atoms with Crippen LogP contribution in [0.4, 0.5) is 0 Å². The number of esters is 1. The summed E-state index contributed by atoms with van der Waals surface area (Å²) in [6.45, 7) is 2.81. The summed E-state index contributed by atoms with van der Waals surface area (Å²) in [4.78, 5) is 44.1. The lowest BCUT2D eigenvalue weighted by Gasteiger charge is -2.32. The Morgan fingerprint density at radius 3 is 2.68 bits per heavy atom. The van der Waals surface area contributed by atoms with Crippen LogP contribution in [0.15, 0.2) is 30.5 Å². The predicted molar refractivity (Wildman–Crippen MR) is 116 cm³/mol. The van der Waals surface area contributed by atoms with Crippen molar-refractivity contribution in [2.45, 2.75) is 19.8 Å². The smallest absolute Gasteiger partial charge is 0.309 e. The molecule has 0 radical (unpaired) electrons. The molecule has 2 amide bonds. The van der Waals surface area contributed by atoms with Crippen LogP contribution in [0.25, 0.3) is 10.9 Å². The Morgan fingerprint density at radius 2 is 1.97 bits per heavy atom. The van der Waals surface area contributed by atoms with E-state index in [9.17, 15) is 14.4 Å². The first-order chi connectivity index (χ1) is 14.9. The van der Waals surface area contributed by atoms with E-state index in [0.29, 0.717) is 48.8 Å². The first-order valence-electron chi connectivity index (χ1n) is 10.2. The number of benzene rings is 1. The lowest BCUT2D eigenvalue weighted by Crippen LogP contribution is -2.46. The van der Waals surface area contributed by atoms with E-state index in [2.05, 4.69) is 4.98 Å². The van der Waals surface area contributed by atoms with Gasteiger partial charge in [0.25, 0.3) is 5.91 Å². The number of halogens is 1. The normalized spacial score (nSPS) is 14.4. The van der Waals surface area contributed by atoms with Gasteiger partial charge in [0.1, 0.15) is 11.3 Å². The number of likely N-dealkylation sites (tertiary alicyclic amines) is 1. The second-order valence-electron chi connectivity index (χ2n) is 7.39. The molecule has 0 saturated carbocycles. The van der Waals surface area contributed by atoms with E-state index >= 15 is 0 Å². The standard InChI is InChI=1S/C22H26ClN3O5/c1-3-30-22(29)15-8-11-26(12-9-15)19(27)13-25(2)20(28)14-31-18-7-6-17(23)16-5-4-10-24-21(16)18/h4-7,10,15H,3,8-9,11-14H2,1-2H3. The average molecular weight is 448 g/mol. The topological polar surface area (TPSA) is 89.0 Å².